The number of hydrogen-bond donors (Lipinski definition) is 1. The van der Waals surface area contributed by atoms with E-state index >= 15 is 0 Å². The van der Waals surface area contributed by atoms with Gasteiger partial charge in [-0.05, 0) is 18.6 Å². The minimum Gasteiger partial charge on any atom is -0.382 e. The molecule has 1 unspecified atom stereocenters. The van der Waals surface area contributed by atoms with Crippen LogP contribution in [0, 0.1) is 17.0 Å². The molecule has 6 heteroatoms. The minimum atomic E-state index is -0.403. The summed E-state index contributed by atoms with van der Waals surface area (Å²) in [7, 11) is 3.23. The predicted octanol–water partition coefficient (Wildman–Crippen LogP) is 1.98. The molecule has 0 heterocycles. The van der Waals surface area contributed by atoms with E-state index in [-0.39, 0.29) is 11.8 Å². The number of aryl methyl sites for hydroxylation is 1. The summed E-state index contributed by atoms with van der Waals surface area (Å²) in [6.07, 6.45) is -0.0513. The lowest BCUT2D eigenvalue weighted by Crippen LogP contribution is -2.26. The van der Waals surface area contributed by atoms with Gasteiger partial charge in [-0.1, -0.05) is 0 Å². The molecular weight excluding hydrogens is 236 g/mol. The van der Waals surface area contributed by atoms with Gasteiger partial charge in [0, 0.05) is 38.6 Å². The first-order valence-corrected chi connectivity index (χ1v) is 5.59. The molecule has 1 atom stereocenters. The summed E-state index contributed by atoms with van der Waals surface area (Å²) < 4.78 is 10.2. The number of nitro benzene ring substituents is 1. The van der Waals surface area contributed by atoms with Gasteiger partial charge in [0.25, 0.3) is 5.69 Å². The average molecular weight is 254 g/mol. The van der Waals surface area contributed by atoms with Crippen molar-refractivity contribution < 1.29 is 14.4 Å². The molecule has 0 fully saturated rings. The molecule has 0 aliphatic heterocycles. The molecule has 0 bridgehead atoms. The molecule has 0 saturated heterocycles. The first kappa shape index (κ1) is 14.4. The maximum atomic E-state index is 10.6. The van der Waals surface area contributed by atoms with Gasteiger partial charge in [0.05, 0.1) is 17.6 Å². The van der Waals surface area contributed by atoms with E-state index in [9.17, 15) is 10.1 Å². The zero-order chi connectivity index (χ0) is 13.5. The molecule has 1 rings (SSSR count). The molecule has 0 radical (unpaired) electrons. The Hall–Kier alpha value is -1.66. The number of non-ortho nitro benzene ring substituents is 1. The number of benzene rings is 1. The Morgan fingerprint density at radius 2 is 2.17 bits per heavy atom. The van der Waals surface area contributed by atoms with Crippen LogP contribution in [-0.4, -0.2) is 38.4 Å². The number of nitro groups is 1. The molecule has 0 amide bonds. The van der Waals surface area contributed by atoms with Crippen molar-refractivity contribution >= 4 is 11.4 Å². The summed E-state index contributed by atoms with van der Waals surface area (Å²) >= 11 is 0. The van der Waals surface area contributed by atoms with E-state index in [0.717, 1.165) is 11.3 Å². The molecule has 1 aromatic rings. The molecule has 0 saturated carbocycles. The van der Waals surface area contributed by atoms with Crippen LogP contribution >= 0.6 is 0 Å². The lowest BCUT2D eigenvalue weighted by molar-refractivity contribution is -0.384. The molecule has 1 N–H and O–H groups in total. The monoisotopic (exact) mass is 254 g/mol. The van der Waals surface area contributed by atoms with Crippen molar-refractivity contribution in [1.82, 2.24) is 0 Å². The van der Waals surface area contributed by atoms with Crippen LogP contribution in [-0.2, 0) is 9.47 Å². The van der Waals surface area contributed by atoms with Crippen molar-refractivity contribution in [2.75, 3.05) is 32.7 Å². The number of ether oxygens (including phenoxy) is 2. The van der Waals surface area contributed by atoms with Crippen molar-refractivity contribution in [3.8, 4) is 0 Å². The molecule has 0 aliphatic rings. The van der Waals surface area contributed by atoms with Gasteiger partial charge in [-0.3, -0.25) is 10.1 Å². The third-order valence-corrected chi connectivity index (χ3v) is 2.63. The number of nitrogens with zero attached hydrogens (tertiary/aromatic N) is 1. The van der Waals surface area contributed by atoms with E-state index in [1.807, 2.05) is 6.92 Å². The summed E-state index contributed by atoms with van der Waals surface area (Å²) in [5.74, 6) is 0. The van der Waals surface area contributed by atoms with E-state index in [2.05, 4.69) is 5.32 Å². The van der Waals surface area contributed by atoms with Gasteiger partial charge >= 0.3 is 0 Å². The summed E-state index contributed by atoms with van der Waals surface area (Å²) in [5, 5.41) is 13.8. The predicted molar refractivity (Wildman–Crippen MR) is 69.0 cm³/mol. The second-order valence-corrected chi connectivity index (χ2v) is 3.95. The highest BCUT2D eigenvalue weighted by Crippen LogP contribution is 2.21. The second-order valence-electron chi connectivity index (χ2n) is 3.95. The third kappa shape index (κ3) is 3.97. The van der Waals surface area contributed by atoms with Crippen LogP contribution in [0.2, 0.25) is 0 Å². The Kier molecular flexibility index (Phi) is 5.54. The molecule has 1 aromatic carbocycles. The molecule has 0 aliphatic carbocycles. The number of hydrogen-bond acceptors (Lipinski definition) is 5. The molecule has 100 valence electrons. The zero-order valence-corrected chi connectivity index (χ0v) is 10.8. The first-order chi connectivity index (χ1) is 8.58. The summed E-state index contributed by atoms with van der Waals surface area (Å²) in [5.41, 5.74) is 1.79. The van der Waals surface area contributed by atoms with Gasteiger partial charge in [-0.15, -0.1) is 0 Å². The number of rotatable bonds is 7. The fourth-order valence-corrected chi connectivity index (χ4v) is 1.58. The van der Waals surface area contributed by atoms with E-state index in [1.165, 1.54) is 6.07 Å². The lowest BCUT2D eigenvalue weighted by Gasteiger charge is -2.16. The highest BCUT2D eigenvalue weighted by atomic mass is 16.6. The van der Waals surface area contributed by atoms with Crippen molar-refractivity contribution in [2.45, 2.75) is 13.0 Å². The van der Waals surface area contributed by atoms with E-state index in [0.29, 0.717) is 13.2 Å². The van der Waals surface area contributed by atoms with Gasteiger partial charge in [0.15, 0.2) is 0 Å². The normalized spacial score (nSPS) is 12.2. The quantitative estimate of drug-likeness (QED) is 0.595. The Bertz CT molecular complexity index is 409. The minimum absolute atomic E-state index is 0.0513. The zero-order valence-electron chi connectivity index (χ0n) is 10.8. The number of methoxy groups -OCH3 is 2. The van der Waals surface area contributed by atoms with Crippen molar-refractivity contribution in [2.24, 2.45) is 0 Å². The third-order valence-electron chi connectivity index (χ3n) is 2.63. The lowest BCUT2D eigenvalue weighted by atomic mass is 10.1. The van der Waals surface area contributed by atoms with Crippen LogP contribution in [0.1, 0.15) is 5.56 Å². The molecule has 18 heavy (non-hydrogen) atoms. The van der Waals surface area contributed by atoms with Crippen molar-refractivity contribution in [3.63, 3.8) is 0 Å². The molecular formula is C12H18N2O4. The smallest absolute Gasteiger partial charge is 0.269 e. The fraction of sp³-hybridized carbons (Fsp3) is 0.500. The summed E-state index contributed by atoms with van der Waals surface area (Å²) in [6, 6.07) is 4.72. The topological polar surface area (TPSA) is 73.6 Å². The van der Waals surface area contributed by atoms with Crippen molar-refractivity contribution in [1.29, 1.82) is 0 Å². The van der Waals surface area contributed by atoms with E-state index in [4.69, 9.17) is 9.47 Å². The summed E-state index contributed by atoms with van der Waals surface area (Å²) in [6.45, 7) is 2.91. The fourth-order valence-electron chi connectivity index (χ4n) is 1.58. The van der Waals surface area contributed by atoms with Gasteiger partial charge in [0.1, 0.15) is 0 Å². The van der Waals surface area contributed by atoms with Crippen LogP contribution < -0.4 is 5.32 Å². The van der Waals surface area contributed by atoms with Gasteiger partial charge in [-0.25, -0.2) is 0 Å². The molecule has 0 aromatic heterocycles. The average Bonchev–Trinajstić information content (AvgIpc) is 2.35. The highest BCUT2D eigenvalue weighted by molar-refractivity contribution is 5.55. The second kappa shape index (κ2) is 6.93. The first-order valence-electron chi connectivity index (χ1n) is 5.59. The van der Waals surface area contributed by atoms with Crippen LogP contribution in [0.15, 0.2) is 18.2 Å². The summed E-state index contributed by atoms with van der Waals surface area (Å²) in [4.78, 5) is 10.2. The van der Waals surface area contributed by atoms with E-state index < -0.39 is 4.92 Å². The Morgan fingerprint density at radius 3 is 2.67 bits per heavy atom. The maximum Gasteiger partial charge on any atom is 0.269 e. The maximum absolute atomic E-state index is 10.6. The Morgan fingerprint density at radius 1 is 1.44 bits per heavy atom. The molecule has 6 nitrogen and oxygen atoms in total. The van der Waals surface area contributed by atoms with E-state index in [1.54, 1.807) is 26.4 Å². The van der Waals surface area contributed by atoms with Crippen LogP contribution in [0.25, 0.3) is 0 Å². The van der Waals surface area contributed by atoms with Gasteiger partial charge in [0.2, 0.25) is 0 Å². The Labute approximate surface area is 106 Å². The largest absolute Gasteiger partial charge is 0.382 e. The molecule has 0 spiro atoms. The highest BCUT2D eigenvalue weighted by Gasteiger charge is 2.10. The van der Waals surface area contributed by atoms with Gasteiger partial charge < -0.3 is 14.8 Å². The van der Waals surface area contributed by atoms with Crippen LogP contribution in [0.3, 0.4) is 0 Å². The standard InChI is InChI=1S/C12H18N2O4/c1-9-6-10(14(15)16)4-5-12(9)13-7-11(18-3)8-17-2/h4-6,11,13H,7-8H2,1-3H3. The SMILES string of the molecule is COCC(CNc1ccc([N+](=O)[O-])cc1C)OC. The number of anilines is 1. The van der Waals surface area contributed by atoms with Crippen LogP contribution in [0.4, 0.5) is 11.4 Å². The van der Waals surface area contributed by atoms with Gasteiger partial charge in [-0.2, -0.15) is 0 Å². The van der Waals surface area contributed by atoms with Crippen LogP contribution in [0.5, 0.6) is 0 Å². The Balaban J connectivity index is 2.65. The van der Waals surface area contributed by atoms with Crippen molar-refractivity contribution in [3.05, 3.63) is 33.9 Å². The number of nitrogens with one attached hydrogen (secondary N) is 1.